The van der Waals surface area contributed by atoms with E-state index in [4.69, 9.17) is 5.84 Å². The summed E-state index contributed by atoms with van der Waals surface area (Å²) >= 11 is 1.67. The van der Waals surface area contributed by atoms with Crippen molar-refractivity contribution in [3.8, 4) is 0 Å². The lowest BCUT2D eigenvalue weighted by atomic mass is 10.3. The highest BCUT2D eigenvalue weighted by Crippen LogP contribution is 2.04. The van der Waals surface area contributed by atoms with Crippen LogP contribution in [-0.2, 0) is 6.54 Å². The molecule has 0 spiro atoms. The molecule has 0 aliphatic heterocycles. The molecule has 0 aromatic carbocycles. The lowest BCUT2D eigenvalue weighted by Crippen LogP contribution is -2.40. The van der Waals surface area contributed by atoms with Crippen LogP contribution in [0.5, 0.6) is 0 Å². The van der Waals surface area contributed by atoms with Gasteiger partial charge in [0.1, 0.15) is 0 Å². The maximum atomic E-state index is 5.18. The molecule has 0 aliphatic rings. The molecule has 0 aliphatic carbocycles. The maximum Gasteiger partial charge on any atom is 0.205 e. The Hall–Kier alpha value is -1.07. The number of hydrogen-bond donors (Lipinski definition) is 3. The molecule has 66 valence electrons. The number of hydrogen-bond acceptors (Lipinski definition) is 3. The summed E-state index contributed by atoms with van der Waals surface area (Å²) in [5.41, 5.74) is 3.69. The molecule has 0 unspecified atom stereocenters. The van der Waals surface area contributed by atoms with Gasteiger partial charge in [-0.2, -0.15) is 11.3 Å². The molecule has 4 N–H and O–H groups in total. The normalized spacial score (nSPS) is 11.3. The summed E-state index contributed by atoms with van der Waals surface area (Å²) in [5, 5.41) is 7.16. The van der Waals surface area contributed by atoms with Crippen molar-refractivity contribution in [2.24, 2.45) is 10.8 Å². The van der Waals surface area contributed by atoms with Crippen molar-refractivity contribution in [2.75, 3.05) is 7.05 Å². The third-order valence-electron chi connectivity index (χ3n) is 1.40. The van der Waals surface area contributed by atoms with E-state index in [-0.39, 0.29) is 0 Å². The average Bonchev–Trinajstić information content (AvgIpc) is 2.59. The first-order valence-corrected chi connectivity index (χ1v) is 4.49. The zero-order chi connectivity index (χ0) is 8.81. The minimum Gasteiger partial charge on any atom is -0.351 e. The van der Waals surface area contributed by atoms with Gasteiger partial charge >= 0.3 is 0 Å². The number of nitrogens with two attached hydrogens (primary N) is 1. The molecular formula is C7H12N4S. The Bertz CT molecular complexity index is 242. The molecule has 5 heteroatoms. The van der Waals surface area contributed by atoms with Crippen LogP contribution in [0.3, 0.4) is 0 Å². The van der Waals surface area contributed by atoms with Gasteiger partial charge in [0.2, 0.25) is 5.96 Å². The molecule has 0 fully saturated rings. The van der Waals surface area contributed by atoms with Crippen LogP contribution in [0, 0.1) is 0 Å². The molecule has 1 rings (SSSR count). The summed E-state index contributed by atoms with van der Waals surface area (Å²) in [6.07, 6.45) is 0. The Morgan fingerprint density at radius 3 is 3.08 bits per heavy atom. The lowest BCUT2D eigenvalue weighted by molar-refractivity contribution is 0.843. The summed E-state index contributed by atoms with van der Waals surface area (Å²) in [5.74, 6) is 5.78. The summed E-state index contributed by atoms with van der Waals surface area (Å²) in [6.45, 7) is 0.750. The minimum absolute atomic E-state index is 0.598. The molecule has 4 nitrogen and oxygen atoms in total. The molecular weight excluding hydrogens is 172 g/mol. The fourth-order valence-electron chi connectivity index (χ4n) is 0.774. The van der Waals surface area contributed by atoms with Crippen LogP contribution in [-0.4, -0.2) is 13.0 Å². The van der Waals surface area contributed by atoms with E-state index in [0.717, 1.165) is 6.54 Å². The molecule has 0 bridgehead atoms. The van der Waals surface area contributed by atoms with Crippen LogP contribution in [0.15, 0.2) is 21.8 Å². The molecule has 0 atom stereocenters. The Morgan fingerprint density at radius 1 is 1.75 bits per heavy atom. The van der Waals surface area contributed by atoms with Crippen LogP contribution < -0.4 is 16.6 Å². The third-order valence-corrected chi connectivity index (χ3v) is 2.13. The van der Waals surface area contributed by atoms with Crippen molar-refractivity contribution in [1.29, 1.82) is 0 Å². The monoisotopic (exact) mass is 184 g/mol. The van der Waals surface area contributed by atoms with E-state index < -0.39 is 0 Å². The maximum absolute atomic E-state index is 5.18. The number of hydrazine groups is 1. The quantitative estimate of drug-likeness (QED) is 0.268. The van der Waals surface area contributed by atoms with E-state index in [9.17, 15) is 0 Å². The van der Waals surface area contributed by atoms with Gasteiger partial charge in [0.15, 0.2) is 0 Å². The summed E-state index contributed by atoms with van der Waals surface area (Å²) in [4.78, 5) is 3.88. The van der Waals surface area contributed by atoms with Crippen molar-refractivity contribution >= 4 is 17.3 Å². The predicted octanol–water partition coefficient (Wildman–Crippen LogP) is 0.287. The smallest absolute Gasteiger partial charge is 0.205 e. The van der Waals surface area contributed by atoms with E-state index in [1.165, 1.54) is 5.56 Å². The van der Waals surface area contributed by atoms with Crippen LogP contribution in [0.25, 0.3) is 0 Å². The second-order valence-corrected chi connectivity index (χ2v) is 2.98. The Balaban J connectivity index is 2.35. The van der Waals surface area contributed by atoms with Crippen molar-refractivity contribution in [3.63, 3.8) is 0 Å². The van der Waals surface area contributed by atoms with E-state index in [1.54, 1.807) is 18.4 Å². The lowest BCUT2D eigenvalue weighted by Gasteiger charge is -2.05. The van der Waals surface area contributed by atoms with Crippen molar-refractivity contribution in [2.45, 2.75) is 6.54 Å². The first-order valence-electron chi connectivity index (χ1n) is 3.55. The summed E-state index contributed by atoms with van der Waals surface area (Å²) in [7, 11) is 1.68. The Labute approximate surface area is 75.5 Å². The minimum atomic E-state index is 0.598. The Morgan fingerprint density at radius 2 is 2.58 bits per heavy atom. The van der Waals surface area contributed by atoms with E-state index in [1.807, 2.05) is 5.38 Å². The fraction of sp³-hybridized carbons (Fsp3) is 0.286. The van der Waals surface area contributed by atoms with Gasteiger partial charge in [0.25, 0.3) is 0 Å². The number of guanidine groups is 1. The predicted molar refractivity (Wildman–Crippen MR) is 51.8 cm³/mol. The molecule has 12 heavy (non-hydrogen) atoms. The van der Waals surface area contributed by atoms with Crippen LogP contribution >= 0.6 is 11.3 Å². The summed E-state index contributed by atoms with van der Waals surface area (Å²) < 4.78 is 0. The van der Waals surface area contributed by atoms with Crippen LogP contribution in [0.4, 0.5) is 0 Å². The van der Waals surface area contributed by atoms with E-state index in [0.29, 0.717) is 5.96 Å². The van der Waals surface area contributed by atoms with Crippen molar-refractivity contribution < 1.29 is 0 Å². The number of nitrogens with one attached hydrogen (secondary N) is 2. The molecule has 1 aromatic heterocycles. The largest absolute Gasteiger partial charge is 0.351 e. The number of nitrogens with zero attached hydrogens (tertiary/aromatic N) is 1. The molecule has 1 aromatic rings. The van der Waals surface area contributed by atoms with Crippen LogP contribution in [0.1, 0.15) is 5.56 Å². The van der Waals surface area contributed by atoms with Gasteiger partial charge in [0.05, 0.1) is 0 Å². The average molecular weight is 184 g/mol. The molecule has 0 saturated heterocycles. The van der Waals surface area contributed by atoms with Gasteiger partial charge in [-0.25, -0.2) is 5.84 Å². The van der Waals surface area contributed by atoms with Gasteiger partial charge in [-0.1, -0.05) is 0 Å². The Kier molecular flexibility index (Phi) is 3.56. The second-order valence-electron chi connectivity index (χ2n) is 2.20. The first-order chi connectivity index (χ1) is 5.86. The summed E-state index contributed by atoms with van der Waals surface area (Å²) in [6, 6.07) is 2.06. The van der Waals surface area contributed by atoms with Gasteiger partial charge in [-0.05, 0) is 22.4 Å². The van der Waals surface area contributed by atoms with E-state index >= 15 is 0 Å². The van der Waals surface area contributed by atoms with Gasteiger partial charge in [0, 0.05) is 13.6 Å². The molecule has 0 saturated carbocycles. The number of thiophene rings is 1. The SMILES string of the molecule is CN=C(NN)NCc1ccsc1. The molecule has 0 radical (unpaired) electrons. The van der Waals surface area contributed by atoms with Gasteiger partial charge in [-0.15, -0.1) is 0 Å². The number of aliphatic imine (C=N–C) groups is 1. The van der Waals surface area contributed by atoms with Gasteiger partial charge in [-0.3, -0.25) is 10.4 Å². The van der Waals surface area contributed by atoms with Gasteiger partial charge < -0.3 is 5.32 Å². The number of rotatable bonds is 2. The molecule has 0 amide bonds. The first kappa shape index (κ1) is 9.02. The zero-order valence-corrected chi connectivity index (χ0v) is 7.69. The molecule has 1 heterocycles. The highest BCUT2D eigenvalue weighted by Gasteiger charge is 1.94. The van der Waals surface area contributed by atoms with Crippen molar-refractivity contribution in [3.05, 3.63) is 22.4 Å². The zero-order valence-electron chi connectivity index (χ0n) is 6.87. The standard InChI is InChI=1S/C7H12N4S/c1-9-7(11-8)10-4-6-2-3-12-5-6/h2-3,5H,4,8H2,1H3,(H2,9,10,11). The highest BCUT2D eigenvalue weighted by molar-refractivity contribution is 7.07. The van der Waals surface area contributed by atoms with E-state index in [2.05, 4.69) is 27.2 Å². The fourth-order valence-corrected chi connectivity index (χ4v) is 1.44. The third kappa shape index (κ3) is 2.52. The van der Waals surface area contributed by atoms with Crippen LogP contribution in [0.2, 0.25) is 0 Å². The topological polar surface area (TPSA) is 62.4 Å². The highest BCUT2D eigenvalue weighted by atomic mass is 32.1. The second kappa shape index (κ2) is 4.74. The van der Waals surface area contributed by atoms with Crippen molar-refractivity contribution in [1.82, 2.24) is 10.7 Å².